The normalized spacial score (nSPS) is 11.6. The number of aryl methyl sites for hydroxylation is 1. The van der Waals surface area contributed by atoms with Crippen LogP contribution in [-0.2, 0) is 0 Å². The van der Waals surface area contributed by atoms with Crippen molar-refractivity contribution in [3.05, 3.63) is 77.4 Å². The maximum atomic E-state index is 12.0. The number of carbonyl (C=O) groups is 1. The first kappa shape index (κ1) is 14.7. The summed E-state index contributed by atoms with van der Waals surface area (Å²) in [5, 5.41) is 4.09. The van der Waals surface area contributed by atoms with Gasteiger partial charge in [0.15, 0.2) is 0 Å². The molecule has 0 saturated heterocycles. The molecule has 0 spiro atoms. The average Bonchev–Trinajstić information content (AvgIpc) is 2.52. The summed E-state index contributed by atoms with van der Waals surface area (Å²) in [4.78, 5) is 12.0. The van der Waals surface area contributed by atoms with Crippen LogP contribution in [0.5, 0.6) is 0 Å². The van der Waals surface area contributed by atoms with Crippen LogP contribution in [-0.4, -0.2) is 11.6 Å². The predicted molar refractivity (Wildman–Crippen MR) is 87.2 cm³/mol. The Morgan fingerprint density at radius 3 is 2.43 bits per heavy atom. The number of benzene rings is 2. The van der Waals surface area contributed by atoms with E-state index in [0.29, 0.717) is 5.56 Å². The van der Waals surface area contributed by atoms with Crippen molar-refractivity contribution in [1.82, 2.24) is 5.43 Å². The Morgan fingerprint density at radius 1 is 1.05 bits per heavy atom. The fourth-order valence-corrected chi connectivity index (χ4v) is 1.85. The van der Waals surface area contributed by atoms with E-state index in [2.05, 4.69) is 10.5 Å². The van der Waals surface area contributed by atoms with Gasteiger partial charge in [-0.3, -0.25) is 4.79 Å². The number of hydrogen-bond donors (Lipinski definition) is 1. The smallest absolute Gasteiger partial charge is 0.267 e. The van der Waals surface area contributed by atoms with Crippen LogP contribution in [0.25, 0.3) is 6.08 Å². The van der Waals surface area contributed by atoms with Crippen LogP contribution in [0.2, 0.25) is 0 Å². The second-order valence-electron chi connectivity index (χ2n) is 4.75. The van der Waals surface area contributed by atoms with Gasteiger partial charge in [0, 0.05) is 5.56 Å². The van der Waals surface area contributed by atoms with E-state index < -0.39 is 0 Å². The van der Waals surface area contributed by atoms with Gasteiger partial charge in [-0.2, -0.15) is 5.10 Å². The fraction of sp³-hybridized carbons (Fsp3) is 0.111. The number of nitrogens with one attached hydrogen (secondary N) is 1. The van der Waals surface area contributed by atoms with E-state index in [1.54, 1.807) is 6.07 Å². The van der Waals surface area contributed by atoms with Gasteiger partial charge in [-0.25, -0.2) is 5.43 Å². The molecule has 0 atom stereocenters. The molecule has 1 N–H and O–H groups in total. The molecule has 0 aromatic heterocycles. The van der Waals surface area contributed by atoms with Crippen LogP contribution in [0.1, 0.15) is 28.4 Å². The minimum absolute atomic E-state index is 0.194. The second kappa shape index (κ2) is 7.20. The Kier molecular flexibility index (Phi) is 5.04. The molecule has 0 bridgehead atoms. The zero-order chi connectivity index (χ0) is 15.1. The molecular weight excluding hydrogens is 260 g/mol. The van der Waals surface area contributed by atoms with E-state index in [9.17, 15) is 4.79 Å². The topological polar surface area (TPSA) is 41.5 Å². The predicted octanol–water partition coefficient (Wildman–Crippen LogP) is 3.81. The molecule has 0 aliphatic carbocycles. The Bertz CT molecular complexity index is 673. The number of hydrogen-bond acceptors (Lipinski definition) is 2. The van der Waals surface area contributed by atoms with E-state index in [0.717, 1.165) is 16.8 Å². The first-order chi connectivity index (χ1) is 10.2. The van der Waals surface area contributed by atoms with E-state index in [1.807, 2.05) is 74.5 Å². The van der Waals surface area contributed by atoms with E-state index in [-0.39, 0.29) is 5.91 Å². The Balaban J connectivity index is 1.99. The molecule has 0 unspecified atom stereocenters. The highest BCUT2D eigenvalue weighted by atomic mass is 16.2. The van der Waals surface area contributed by atoms with Gasteiger partial charge in [-0.15, -0.1) is 0 Å². The van der Waals surface area contributed by atoms with Crippen LogP contribution in [0.4, 0.5) is 0 Å². The summed E-state index contributed by atoms with van der Waals surface area (Å²) < 4.78 is 0. The lowest BCUT2D eigenvalue weighted by atomic mass is 10.1. The molecule has 1 amide bonds. The highest BCUT2D eigenvalue weighted by Crippen LogP contribution is 2.06. The monoisotopic (exact) mass is 278 g/mol. The van der Waals surface area contributed by atoms with Crippen LogP contribution in [0.3, 0.4) is 0 Å². The Labute approximate surface area is 125 Å². The first-order valence-corrected chi connectivity index (χ1v) is 6.80. The zero-order valence-corrected chi connectivity index (χ0v) is 12.2. The number of amides is 1. The van der Waals surface area contributed by atoms with E-state index >= 15 is 0 Å². The van der Waals surface area contributed by atoms with Gasteiger partial charge in [-0.05, 0) is 37.1 Å². The Morgan fingerprint density at radius 2 is 1.71 bits per heavy atom. The number of hydrazone groups is 1. The number of carbonyl (C=O) groups excluding carboxylic acids is 1. The summed E-state index contributed by atoms with van der Waals surface area (Å²) >= 11 is 0. The van der Waals surface area contributed by atoms with Crippen molar-refractivity contribution >= 4 is 17.7 Å². The molecular formula is C18H18N2O. The number of rotatable bonds is 4. The quantitative estimate of drug-likeness (QED) is 0.670. The lowest BCUT2D eigenvalue weighted by Gasteiger charge is -2.03. The molecule has 2 aromatic carbocycles. The second-order valence-corrected chi connectivity index (χ2v) is 4.75. The maximum absolute atomic E-state index is 12.0. The Hall–Kier alpha value is -2.68. The summed E-state index contributed by atoms with van der Waals surface area (Å²) in [6, 6.07) is 17.4. The summed E-state index contributed by atoms with van der Waals surface area (Å²) in [5.74, 6) is -0.194. The van der Waals surface area contributed by atoms with Crippen molar-refractivity contribution in [1.29, 1.82) is 0 Å². The van der Waals surface area contributed by atoms with Crippen molar-refractivity contribution < 1.29 is 4.79 Å². The molecule has 0 fully saturated rings. The average molecular weight is 278 g/mol. The lowest BCUT2D eigenvalue weighted by Crippen LogP contribution is -2.19. The third kappa shape index (κ3) is 4.42. The maximum Gasteiger partial charge on any atom is 0.271 e. The molecule has 0 heterocycles. The van der Waals surface area contributed by atoms with E-state index in [4.69, 9.17) is 0 Å². The molecule has 3 nitrogen and oxygen atoms in total. The van der Waals surface area contributed by atoms with Gasteiger partial charge in [-0.1, -0.05) is 54.6 Å². The minimum Gasteiger partial charge on any atom is -0.267 e. The zero-order valence-electron chi connectivity index (χ0n) is 12.2. The van der Waals surface area contributed by atoms with Gasteiger partial charge in [0.25, 0.3) is 5.91 Å². The van der Waals surface area contributed by atoms with Gasteiger partial charge < -0.3 is 0 Å². The first-order valence-electron chi connectivity index (χ1n) is 6.80. The number of nitrogens with zero attached hydrogens (tertiary/aromatic N) is 1. The summed E-state index contributed by atoms with van der Waals surface area (Å²) in [7, 11) is 0. The molecule has 0 aliphatic heterocycles. The molecule has 0 saturated carbocycles. The van der Waals surface area contributed by atoms with Crippen LogP contribution >= 0.6 is 0 Å². The molecule has 2 rings (SSSR count). The van der Waals surface area contributed by atoms with Gasteiger partial charge in [0.2, 0.25) is 0 Å². The van der Waals surface area contributed by atoms with Gasteiger partial charge in [0.05, 0.1) is 5.71 Å². The third-order valence-electron chi connectivity index (χ3n) is 3.04. The van der Waals surface area contributed by atoms with E-state index in [1.165, 1.54) is 0 Å². The lowest BCUT2D eigenvalue weighted by molar-refractivity contribution is 0.0954. The molecule has 21 heavy (non-hydrogen) atoms. The standard InChI is InChI=1S/C18H18N2O/c1-14-8-6-7-11-17(14)18(21)20-19-15(2)12-13-16-9-4-3-5-10-16/h3-13H,1-2H3,(H,20,21)/b13-12+,19-15-. The largest absolute Gasteiger partial charge is 0.271 e. The molecule has 0 radical (unpaired) electrons. The fourth-order valence-electron chi connectivity index (χ4n) is 1.85. The van der Waals surface area contributed by atoms with Gasteiger partial charge >= 0.3 is 0 Å². The van der Waals surface area contributed by atoms with Crippen LogP contribution in [0.15, 0.2) is 65.8 Å². The summed E-state index contributed by atoms with van der Waals surface area (Å²) in [6.45, 7) is 3.75. The summed E-state index contributed by atoms with van der Waals surface area (Å²) in [6.07, 6.45) is 3.83. The molecule has 106 valence electrons. The molecule has 3 heteroatoms. The minimum atomic E-state index is -0.194. The third-order valence-corrected chi connectivity index (χ3v) is 3.04. The van der Waals surface area contributed by atoms with Crippen molar-refractivity contribution in [2.75, 3.05) is 0 Å². The van der Waals surface area contributed by atoms with Gasteiger partial charge in [0.1, 0.15) is 0 Å². The SMILES string of the molecule is CC(/C=C/c1ccccc1)=N/NC(=O)c1ccccc1C. The highest BCUT2D eigenvalue weighted by Gasteiger charge is 2.06. The molecule has 0 aliphatic rings. The van der Waals surface area contributed by atoms with Crippen molar-refractivity contribution in [3.8, 4) is 0 Å². The number of allylic oxidation sites excluding steroid dienone is 1. The van der Waals surface area contributed by atoms with Crippen LogP contribution < -0.4 is 5.43 Å². The van der Waals surface area contributed by atoms with Crippen molar-refractivity contribution in [2.24, 2.45) is 5.10 Å². The van der Waals surface area contributed by atoms with Crippen LogP contribution in [0, 0.1) is 6.92 Å². The highest BCUT2D eigenvalue weighted by molar-refractivity contribution is 5.99. The van der Waals surface area contributed by atoms with Crippen molar-refractivity contribution in [2.45, 2.75) is 13.8 Å². The summed E-state index contributed by atoms with van der Waals surface area (Å²) in [5.41, 5.74) is 5.98. The molecule has 2 aromatic rings. The van der Waals surface area contributed by atoms with Crippen molar-refractivity contribution in [3.63, 3.8) is 0 Å².